The molecule has 1 atom stereocenters. The van der Waals surface area contributed by atoms with E-state index in [0.717, 1.165) is 12.6 Å². The lowest BCUT2D eigenvalue weighted by molar-refractivity contribution is -0.385. The van der Waals surface area contributed by atoms with E-state index in [4.69, 9.17) is 4.74 Å². The van der Waals surface area contributed by atoms with E-state index in [0.29, 0.717) is 5.75 Å². The molecule has 7 nitrogen and oxygen atoms in total. The first-order valence-electron chi connectivity index (χ1n) is 6.65. The molecule has 0 aliphatic rings. The summed E-state index contributed by atoms with van der Waals surface area (Å²) in [6.07, 6.45) is 2.59. The van der Waals surface area contributed by atoms with Crippen LogP contribution in [0.2, 0.25) is 0 Å². The van der Waals surface area contributed by atoms with Gasteiger partial charge in [0.25, 0.3) is 0 Å². The maximum atomic E-state index is 10.5. The lowest BCUT2D eigenvalue weighted by atomic mass is 10.2. The zero-order valence-corrected chi connectivity index (χ0v) is 11.7. The molecular weight excluding hydrogens is 274 g/mol. The monoisotopic (exact) mass is 291 g/mol. The second kappa shape index (κ2) is 6.85. The Labute approximate surface area is 121 Å². The lowest BCUT2D eigenvalue weighted by Gasteiger charge is -2.12. The Bertz CT molecular complexity index is 595. The highest BCUT2D eigenvalue weighted by molar-refractivity contribution is 5.27. The van der Waals surface area contributed by atoms with Crippen molar-refractivity contribution in [3.05, 3.63) is 52.3 Å². The minimum atomic E-state index is -0.796. The standard InChI is InChI=1S/C14H17N3O4/c1-2-11-3-5-14(6-4-11)21-10-13(18)9-16-8-12(7-15-16)17(19)20/h3-8,13,18H,2,9-10H2,1H3. The molecule has 0 spiro atoms. The van der Waals surface area contributed by atoms with Gasteiger partial charge in [-0.25, -0.2) is 0 Å². The number of ether oxygens (including phenoxy) is 1. The van der Waals surface area contributed by atoms with Crippen LogP contribution in [0.1, 0.15) is 12.5 Å². The Morgan fingerprint density at radius 3 is 2.71 bits per heavy atom. The van der Waals surface area contributed by atoms with Gasteiger partial charge in [0.1, 0.15) is 30.9 Å². The molecule has 0 aliphatic heterocycles. The summed E-state index contributed by atoms with van der Waals surface area (Å²) in [4.78, 5) is 10.0. The molecule has 7 heteroatoms. The molecule has 1 aromatic heterocycles. The minimum Gasteiger partial charge on any atom is -0.491 e. The highest BCUT2D eigenvalue weighted by atomic mass is 16.6. The molecule has 2 rings (SSSR count). The number of nitrogens with zero attached hydrogens (tertiary/aromatic N) is 3. The predicted octanol–water partition coefficient (Wildman–Crippen LogP) is 1.79. The van der Waals surface area contributed by atoms with Gasteiger partial charge in [-0.3, -0.25) is 14.8 Å². The summed E-state index contributed by atoms with van der Waals surface area (Å²) in [6.45, 7) is 2.31. The number of benzene rings is 1. The van der Waals surface area contributed by atoms with Crippen molar-refractivity contribution in [1.82, 2.24) is 9.78 Å². The van der Waals surface area contributed by atoms with Gasteiger partial charge < -0.3 is 9.84 Å². The lowest BCUT2D eigenvalue weighted by Crippen LogP contribution is -2.23. The van der Waals surface area contributed by atoms with Crippen LogP contribution >= 0.6 is 0 Å². The van der Waals surface area contributed by atoms with E-state index >= 15 is 0 Å². The summed E-state index contributed by atoms with van der Waals surface area (Å²) < 4.78 is 6.79. The van der Waals surface area contributed by atoms with E-state index in [-0.39, 0.29) is 18.8 Å². The Morgan fingerprint density at radius 2 is 2.14 bits per heavy atom. The predicted molar refractivity (Wildman–Crippen MR) is 76.2 cm³/mol. The van der Waals surface area contributed by atoms with Gasteiger partial charge in [0, 0.05) is 0 Å². The molecule has 0 fully saturated rings. The minimum absolute atomic E-state index is 0.0964. The molecule has 1 aromatic carbocycles. The van der Waals surface area contributed by atoms with Crippen molar-refractivity contribution >= 4 is 5.69 Å². The topological polar surface area (TPSA) is 90.4 Å². The Morgan fingerprint density at radius 1 is 1.43 bits per heavy atom. The molecule has 0 bridgehead atoms. The zero-order valence-electron chi connectivity index (χ0n) is 11.7. The van der Waals surface area contributed by atoms with Gasteiger partial charge in [0.2, 0.25) is 0 Å². The highest BCUT2D eigenvalue weighted by Gasteiger charge is 2.12. The molecule has 0 saturated carbocycles. The number of hydrogen-bond donors (Lipinski definition) is 1. The van der Waals surface area contributed by atoms with Gasteiger partial charge >= 0.3 is 5.69 Å². The van der Waals surface area contributed by atoms with E-state index < -0.39 is 11.0 Å². The van der Waals surface area contributed by atoms with Gasteiger partial charge in [-0.2, -0.15) is 5.10 Å². The maximum absolute atomic E-state index is 10.5. The van der Waals surface area contributed by atoms with Crippen molar-refractivity contribution in [3.8, 4) is 5.75 Å². The van der Waals surface area contributed by atoms with Crippen LogP contribution in [0, 0.1) is 10.1 Å². The first kappa shape index (κ1) is 15.0. The van der Waals surface area contributed by atoms with Gasteiger partial charge in [-0.1, -0.05) is 19.1 Å². The summed E-state index contributed by atoms with van der Waals surface area (Å²) in [5.41, 5.74) is 1.12. The maximum Gasteiger partial charge on any atom is 0.306 e. The number of aliphatic hydroxyl groups is 1. The van der Waals surface area contributed by atoms with Crippen LogP contribution in [-0.4, -0.2) is 32.5 Å². The van der Waals surface area contributed by atoms with Crippen LogP contribution in [0.5, 0.6) is 5.75 Å². The molecule has 1 unspecified atom stereocenters. The van der Waals surface area contributed by atoms with Crippen LogP contribution < -0.4 is 4.74 Å². The van der Waals surface area contributed by atoms with E-state index in [1.807, 2.05) is 24.3 Å². The van der Waals surface area contributed by atoms with Crippen LogP contribution in [0.25, 0.3) is 0 Å². The van der Waals surface area contributed by atoms with Crippen LogP contribution in [0.15, 0.2) is 36.7 Å². The van der Waals surface area contributed by atoms with Crippen molar-refractivity contribution in [2.45, 2.75) is 26.0 Å². The third-order valence-electron chi connectivity index (χ3n) is 3.00. The number of hydrogen-bond acceptors (Lipinski definition) is 5. The number of nitro groups is 1. The number of aryl methyl sites for hydroxylation is 1. The quantitative estimate of drug-likeness (QED) is 0.620. The Balaban J connectivity index is 1.83. The normalized spacial score (nSPS) is 12.1. The SMILES string of the molecule is CCc1ccc(OCC(O)Cn2cc([N+](=O)[O-])cn2)cc1. The fourth-order valence-corrected chi connectivity index (χ4v) is 1.83. The molecule has 1 N–H and O–H groups in total. The van der Waals surface area contributed by atoms with Crippen LogP contribution in [-0.2, 0) is 13.0 Å². The van der Waals surface area contributed by atoms with Crippen molar-refractivity contribution in [3.63, 3.8) is 0 Å². The first-order chi connectivity index (χ1) is 10.1. The second-order valence-electron chi connectivity index (χ2n) is 4.64. The molecule has 0 aliphatic carbocycles. The van der Waals surface area contributed by atoms with E-state index in [1.165, 1.54) is 16.4 Å². The summed E-state index contributed by atoms with van der Waals surface area (Å²) in [6, 6.07) is 7.64. The summed E-state index contributed by atoms with van der Waals surface area (Å²) >= 11 is 0. The van der Waals surface area contributed by atoms with Crippen molar-refractivity contribution in [2.24, 2.45) is 0 Å². The smallest absolute Gasteiger partial charge is 0.306 e. The number of aromatic nitrogens is 2. The average molecular weight is 291 g/mol. The molecule has 2 aromatic rings. The second-order valence-corrected chi connectivity index (χ2v) is 4.64. The van der Waals surface area contributed by atoms with Gasteiger partial charge in [-0.05, 0) is 24.1 Å². The van der Waals surface area contributed by atoms with E-state index in [1.54, 1.807) is 0 Å². The Kier molecular flexibility index (Phi) is 4.89. The summed E-state index contributed by atoms with van der Waals surface area (Å²) in [5.74, 6) is 0.678. The largest absolute Gasteiger partial charge is 0.491 e. The zero-order chi connectivity index (χ0) is 15.2. The number of aliphatic hydroxyl groups excluding tert-OH is 1. The third-order valence-corrected chi connectivity index (χ3v) is 3.00. The molecule has 0 saturated heterocycles. The molecule has 0 amide bonds. The summed E-state index contributed by atoms with van der Waals surface area (Å²) in [5, 5.41) is 24.2. The van der Waals surface area contributed by atoms with Crippen LogP contribution in [0.3, 0.4) is 0 Å². The fourth-order valence-electron chi connectivity index (χ4n) is 1.83. The molecule has 1 heterocycles. The van der Waals surface area contributed by atoms with Crippen molar-refractivity contribution < 1.29 is 14.8 Å². The Hall–Kier alpha value is -2.41. The van der Waals surface area contributed by atoms with Gasteiger partial charge in [-0.15, -0.1) is 0 Å². The highest BCUT2D eigenvalue weighted by Crippen LogP contribution is 2.13. The van der Waals surface area contributed by atoms with E-state index in [2.05, 4.69) is 12.0 Å². The third kappa shape index (κ3) is 4.28. The average Bonchev–Trinajstić information content (AvgIpc) is 2.94. The van der Waals surface area contributed by atoms with Crippen molar-refractivity contribution in [2.75, 3.05) is 6.61 Å². The molecule has 112 valence electrons. The molecule has 0 radical (unpaired) electrons. The summed E-state index contributed by atoms with van der Waals surface area (Å²) in [7, 11) is 0. The van der Waals surface area contributed by atoms with E-state index in [9.17, 15) is 15.2 Å². The van der Waals surface area contributed by atoms with Gasteiger partial charge in [0.05, 0.1) is 11.5 Å². The van der Waals surface area contributed by atoms with Crippen LogP contribution in [0.4, 0.5) is 5.69 Å². The molecule has 21 heavy (non-hydrogen) atoms. The first-order valence-corrected chi connectivity index (χ1v) is 6.65. The molecular formula is C14H17N3O4. The van der Waals surface area contributed by atoms with Gasteiger partial charge in [0.15, 0.2) is 0 Å². The number of rotatable bonds is 7. The van der Waals surface area contributed by atoms with Crippen molar-refractivity contribution in [1.29, 1.82) is 0 Å². The fraction of sp³-hybridized carbons (Fsp3) is 0.357.